The van der Waals surface area contributed by atoms with Crippen LogP contribution in [0.5, 0.6) is 0 Å². The fourth-order valence-corrected chi connectivity index (χ4v) is 3.14. The van der Waals surface area contributed by atoms with Gasteiger partial charge in [-0.3, -0.25) is 9.59 Å². The summed E-state index contributed by atoms with van der Waals surface area (Å²) < 4.78 is 0.786. The summed E-state index contributed by atoms with van der Waals surface area (Å²) in [5.41, 5.74) is -0.386. The Labute approximate surface area is 135 Å². The van der Waals surface area contributed by atoms with Crippen LogP contribution in [-0.4, -0.2) is 35.0 Å². The van der Waals surface area contributed by atoms with Crippen molar-refractivity contribution in [3.8, 4) is 0 Å². The van der Waals surface area contributed by atoms with E-state index in [4.69, 9.17) is 5.11 Å². The molecule has 6 nitrogen and oxygen atoms in total. The molecule has 1 saturated carbocycles. The summed E-state index contributed by atoms with van der Waals surface area (Å²) in [6, 6.07) is 7.31. The van der Waals surface area contributed by atoms with Crippen molar-refractivity contribution in [2.45, 2.75) is 24.8 Å². The Morgan fingerprint density at radius 3 is 2.59 bits per heavy atom. The number of halogens is 1. The van der Waals surface area contributed by atoms with Gasteiger partial charge in [-0.05, 0) is 40.9 Å². The molecule has 7 heteroatoms. The molecule has 116 valence electrons. The minimum atomic E-state index is -1.11. The van der Waals surface area contributed by atoms with Crippen molar-refractivity contribution >= 4 is 39.4 Å². The van der Waals surface area contributed by atoms with Crippen LogP contribution in [0.25, 0.3) is 0 Å². The first-order chi connectivity index (χ1) is 10.4. The molecule has 1 saturated heterocycles. The van der Waals surface area contributed by atoms with Crippen LogP contribution in [0.4, 0.5) is 5.69 Å². The molecule has 0 unspecified atom stereocenters. The molecule has 2 aliphatic rings. The predicted octanol–water partition coefficient (Wildman–Crippen LogP) is 1.54. The number of hydrogen-bond donors (Lipinski definition) is 2. The van der Waals surface area contributed by atoms with Crippen molar-refractivity contribution in [3.63, 3.8) is 0 Å². The average Bonchev–Trinajstić information content (AvgIpc) is 3.15. The molecule has 1 aromatic rings. The number of carbonyl (C=O) groups is 3. The summed E-state index contributed by atoms with van der Waals surface area (Å²) >= 11 is 3.40. The highest BCUT2D eigenvalue weighted by Crippen LogP contribution is 2.37. The second kappa shape index (κ2) is 5.39. The number of aliphatic carboxylic acids is 1. The van der Waals surface area contributed by atoms with Gasteiger partial charge in [-0.1, -0.05) is 12.1 Å². The van der Waals surface area contributed by atoms with Gasteiger partial charge in [0, 0.05) is 17.4 Å². The zero-order chi connectivity index (χ0) is 15.9. The highest BCUT2D eigenvalue weighted by atomic mass is 79.9. The van der Waals surface area contributed by atoms with E-state index in [0.717, 1.165) is 10.2 Å². The van der Waals surface area contributed by atoms with E-state index in [2.05, 4.69) is 21.2 Å². The number of nitrogens with zero attached hydrogens (tertiary/aromatic N) is 1. The minimum absolute atomic E-state index is 0.100. The molecule has 2 N–H and O–H groups in total. The van der Waals surface area contributed by atoms with Crippen LogP contribution in [0.2, 0.25) is 0 Å². The van der Waals surface area contributed by atoms with Crippen LogP contribution in [0, 0.1) is 5.92 Å². The molecule has 1 aliphatic carbocycles. The first-order valence-electron chi connectivity index (χ1n) is 7.03. The number of para-hydroxylation sites is 1. The smallest absolute Gasteiger partial charge is 0.329 e. The van der Waals surface area contributed by atoms with Gasteiger partial charge in [-0.2, -0.15) is 0 Å². The lowest BCUT2D eigenvalue weighted by Gasteiger charge is -2.19. The van der Waals surface area contributed by atoms with E-state index >= 15 is 0 Å². The lowest BCUT2D eigenvalue weighted by molar-refractivity contribution is -0.143. The number of anilines is 1. The highest BCUT2D eigenvalue weighted by molar-refractivity contribution is 9.10. The summed E-state index contributed by atoms with van der Waals surface area (Å²) in [6.07, 6.45) is 0.994. The number of carbonyl (C=O) groups excluding carboxylic acids is 2. The summed E-state index contributed by atoms with van der Waals surface area (Å²) in [5, 5.41) is 11.7. The molecule has 22 heavy (non-hydrogen) atoms. The zero-order valence-corrected chi connectivity index (χ0v) is 13.3. The fourth-order valence-electron chi connectivity index (χ4n) is 2.64. The second-order valence-corrected chi connectivity index (χ2v) is 6.59. The predicted molar refractivity (Wildman–Crippen MR) is 82.3 cm³/mol. The summed E-state index contributed by atoms with van der Waals surface area (Å²) in [6.45, 7) is 0.267. The average molecular weight is 367 g/mol. The lowest BCUT2D eigenvalue weighted by Crippen LogP contribution is -2.46. The van der Waals surface area contributed by atoms with E-state index in [9.17, 15) is 14.4 Å². The zero-order valence-electron chi connectivity index (χ0n) is 11.7. The third kappa shape index (κ3) is 2.61. The number of rotatable bonds is 4. The van der Waals surface area contributed by atoms with E-state index < -0.39 is 17.4 Å². The summed E-state index contributed by atoms with van der Waals surface area (Å²) in [7, 11) is 0. The second-order valence-electron chi connectivity index (χ2n) is 5.73. The van der Waals surface area contributed by atoms with Crippen LogP contribution >= 0.6 is 15.9 Å². The van der Waals surface area contributed by atoms with Gasteiger partial charge in [0.25, 0.3) is 0 Å². The van der Waals surface area contributed by atoms with E-state index in [1.807, 2.05) is 24.3 Å². The Balaban J connectivity index is 1.71. The molecule has 1 heterocycles. The molecule has 1 aromatic carbocycles. The summed E-state index contributed by atoms with van der Waals surface area (Å²) in [4.78, 5) is 37.1. The molecule has 0 bridgehead atoms. The van der Waals surface area contributed by atoms with Crippen molar-refractivity contribution in [1.29, 1.82) is 0 Å². The molecule has 0 spiro atoms. The molecule has 2 amide bonds. The molecular weight excluding hydrogens is 352 g/mol. The van der Waals surface area contributed by atoms with Crippen LogP contribution in [-0.2, 0) is 14.4 Å². The number of benzene rings is 1. The van der Waals surface area contributed by atoms with E-state index in [0.29, 0.717) is 12.8 Å². The molecule has 0 radical (unpaired) electrons. The van der Waals surface area contributed by atoms with Crippen molar-refractivity contribution in [2.75, 3.05) is 11.4 Å². The first-order valence-corrected chi connectivity index (χ1v) is 7.82. The molecule has 1 aliphatic heterocycles. The Morgan fingerprint density at radius 2 is 2.00 bits per heavy atom. The molecule has 1 atom stereocenters. The Hall–Kier alpha value is -1.89. The highest BCUT2D eigenvalue weighted by Gasteiger charge is 2.52. The van der Waals surface area contributed by atoms with Crippen LogP contribution < -0.4 is 10.2 Å². The third-order valence-electron chi connectivity index (χ3n) is 4.16. The van der Waals surface area contributed by atoms with Gasteiger partial charge in [0.2, 0.25) is 11.8 Å². The maximum Gasteiger partial charge on any atom is 0.329 e. The lowest BCUT2D eigenvalue weighted by atomic mass is 10.1. The van der Waals surface area contributed by atoms with Crippen LogP contribution in [0.1, 0.15) is 19.3 Å². The van der Waals surface area contributed by atoms with Crippen molar-refractivity contribution < 1.29 is 19.5 Å². The maximum absolute atomic E-state index is 12.2. The van der Waals surface area contributed by atoms with E-state index in [1.165, 1.54) is 0 Å². The van der Waals surface area contributed by atoms with Gasteiger partial charge in [0.05, 0.1) is 11.6 Å². The van der Waals surface area contributed by atoms with Crippen molar-refractivity contribution in [2.24, 2.45) is 5.92 Å². The van der Waals surface area contributed by atoms with Crippen molar-refractivity contribution in [3.05, 3.63) is 28.7 Å². The van der Waals surface area contributed by atoms with Crippen molar-refractivity contribution in [1.82, 2.24) is 5.32 Å². The van der Waals surface area contributed by atoms with Gasteiger partial charge in [-0.25, -0.2) is 4.79 Å². The van der Waals surface area contributed by atoms with Crippen LogP contribution in [0.3, 0.4) is 0 Å². The molecule has 3 rings (SSSR count). The standard InChI is InChI=1S/C15H15BrN2O4/c16-10-3-1-2-4-11(10)18-8-9(7-12(18)19)13(20)17-15(5-6-15)14(21)22/h1-4,9H,5-8H2,(H,17,20)(H,21,22)/t9-/m1/s1. The Kier molecular flexibility index (Phi) is 3.68. The number of carboxylic acids is 1. The SMILES string of the molecule is O=C(NC1(C(=O)O)CC1)[C@@H]1CC(=O)N(c2ccccc2Br)C1. The van der Waals surface area contributed by atoms with Gasteiger partial charge in [0.1, 0.15) is 5.54 Å². The van der Waals surface area contributed by atoms with Gasteiger partial charge in [-0.15, -0.1) is 0 Å². The van der Waals surface area contributed by atoms with E-state index in [-0.39, 0.29) is 24.8 Å². The topological polar surface area (TPSA) is 86.7 Å². The molecular formula is C15H15BrN2O4. The Morgan fingerprint density at radius 1 is 1.32 bits per heavy atom. The number of hydrogen-bond acceptors (Lipinski definition) is 3. The minimum Gasteiger partial charge on any atom is -0.480 e. The maximum atomic E-state index is 12.2. The number of amides is 2. The largest absolute Gasteiger partial charge is 0.480 e. The monoisotopic (exact) mass is 366 g/mol. The van der Waals surface area contributed by atoms with E-state index in [1.54, 1.807) is 4.90 Å². The quantitative estimate of drug-likeness (QED) is 0.845. The Bertz CT molecular complexity index is 657. The number of nitrogens with one attached hydrogen (secondary N) is 1. The van der Waals surface area contributed by atoms with Gasteiger partial charge < -0.3 is 15.3 Å². The third-order valence-corrected chi connectivity index (χ3v) is 4.83. The molecule has 0 aromatic heterocycles. The first kappa shape index (κ1) is 15.0. The summed E-state index contributed by atoms with van der Waals surface area (Å²) in [5.74, 6) is -2.01. The fraction of sp³-hybridized carbons (Fsp3) is 0.400. The normalized spacial score (nSPS) is 22.5. The molecule has 2 fully saturated rings. The van der Waals surface area contributed by atoms with Crippen LogP contribution in [0.15, 0.2) is 28.7 Å². The van der Waals surface area contributed by atoms with Gasteiger partial charge >= 0.3 is 5.97 Å². The number of carboxylic acid groups (broad SMARTS) is 1. The van der Waals surface area contributed by atoms with Gasteiger partial charge in [0.15, 0.2) is 0 Å².